The van der Waals surface area contributed by atoms with Gasteiger partial charge in [-0.25, -0.2) is 4.98 Å². The van der Waals surface area contributed by atoms with Gasteiger partial charge in [0, 0.05) is 12.4 Å². The van der Waals surface area contributed by atoms with Crippen molar-refractivity contribution in [3.8, 4) is 6.01 Å². The van der Waals surface area contributed by atoms with Crippen LogP contribution in [0.2, 0.25) is 0 Å². The molecule has 1 aromatic heterocycles. The van der Waals surface area contributed by atoms with Crippen LogP contribution in [0.5, 0.6) is 6.01 Å². The summed E-state index contributed by atoms with van der Waals surface area (Å²) in [6.07, 6.45) is 2.99. The summed E-state index contributed by atoms with van der Waals surface area (Å²) in [5.41, 5.74) is 0. The van der Waals surface area contributed by atoms with E-state index in [1.165, 1.54) is 12.4 Å². The van der Waals surface area contributed by atoms with E-state index in [0.717, 1.165) is 0 Å². The SMILES string of the molecule is O=NOc1ncc[nH]1. The summed E-state index contributed by atoms with van der Waals surface area (Å²) < 4.78 is 0. The zero-order chi connectivity index (χ0) is 5.82. The first kappa shape index (κ1) is 4.76. The fraction of sp³-hybridized carbons (Fsp3) is 0. The van der Waals surface area contributed by atoms with Crippen LogP contribution in [0.4, 0.5) is 0 Å². The molecule has 0 bridgehead atoms. The highest BCUT2D eigenvalue weighted by Crippen LogP contribution is 1.96. The van der Waals surface area contributed by atoms with Crippen LogP contribution in [0.3, 0.4) is 0 Å². The number of rotatable bonds is 2. The quantitative estimate of drug-likeness (QED) is 0.447. The Kier molecular flexibility index (Phi) is 1.23. The Morgan fingerprint density at radius 2 is 2.75 bits per heavy atom. The van der Waals surface area contributed by atoms with E-state index in [1.54, 1.807) is 0 Å². The Morgan fingerprint density at radius 3 is 3.25 bits per heavy atom. The largest absolute Gasteiger partial charge is 0.327 e. The van der Waals surface area contributed by atoms with Crippen LogP contribution in [-0.2, 0) is 0 Å². The van der Waals surface area contributed by atoms with Gasteiger partial charge in [0.15, 0.2) is 5.34 Å². The summed E-state index contributed by atoms with van der Waals surface area (Å²) >= 11 is 0. The van der Waals surface area contributed by atoms with Crippen LogP contribution in [-0.4, -0.2) is 9.97 Å². The third kappa shape index (κ3) is 0.810. The van der Waals surface area contributed by atoms with E-state index >= 15 is 0 Å². The van der Waals surface area contributed by atoms with Gasteiger partial charge < -0.3 is 4.98 Å². The number of H-pyrrole nitrogens is 1. The maximum absolute atomic E-state index is 9.34. The summed E-state index contributed by atoms with van der Waals surface area (Å²) in [5, 5.41) is 2.13. The lowest BCUT2D eigenvalue weighted by atomic mass is 11.0. The molecule has 0 saturated carbocycles. The van der Waals surface area contributed by atoms with E-state index in [1.807, 2.05) is 0 Å². The van der Waals surface area contributed by atoms with Gasteiger partial charge in [0.25, 0.3) is 0 Å². The van der Waals surface area contributed by atoms with Crippen molar-refractivity contribution in [2.75, 3.05) is 0 Å². The standard InChI is InChI=1S/C3H3N3O2/c7-6-8-3-4-1-2-5-3/h1-2H,(H,4,5). The molecule has 0 spiro atoms. The Bertz CT molecular complexity index is 159. The predicted octanol–water partition coefficient (Wildman–Crippen LogP) is 0.470. The monoisotopic (exact) mass is 113 g/mol. The molecule has 0 aliphatic carbocycles. The molecule has 1 aromatic rings. The van der Waals surface area contributed by atoms with Crippen LogP contribution in [0, 0.1) is 4.91 Å². The first-order valence-electron chi connectivity index (χ1n) is 1.92. The highest BCUT2D eigenvalue weighted by Gasteiger charge is 1.89. The number of hydrogen-bond acceptors (Lipinski definition) is 4. The number of aromatic amines is 1. The Labute approximate surface area is 44.6 Å². The first-order chi connectivity index (χ1) is 3.93. The molecule has 1 N–H and O–H groups in total. The zero-order valence-corrected chi connectivity index (χ0v) is 3.87. The summed E-state index contributed by atoms with van der Waals surface area (Å²) in [7, 11) is 0. The number of imidazole rings is 1. The van der Waals surface area contributed by atoms with Crippen molar-refractivity contribution in [2.45, 2.75) is 0 Å². The van der Waals surface area contributed by atoms with Gasteiger partial charge in [0.05, 0.1) is 0 Å². The Hall–Kier alpha value is -1.39. The molecule has 0 atom stereocenters. The second-order valence-electron chi connectivity index (χ2n) is 1.06. The minimum absolute atomic E-state index is 0.111. The van der Waals surface area contributed by atoms with E-state index in [2.05, 4.69) is 20.1 Å². The molecule has 0 amide bonds. The van der Waals surface area contributed by atoms with Gasteiger partial charge >= 0.3 is 6.01 Å². The lowest BCUT2D eigenvalue weighted by molar-refractivity contribution is 0.310. The van der Waals surface area contributed by atoms with Crippen molar-refractivity contribution >= 4 is 0 Å². The van der Waals surface area contributed by atoms with Crippen LogP contribution >= 0.6 is 0 Å². The number of nitrogens with zero attached hydrogens (tertiary/aromatic N) is 2. The van der Waals surface area contributed by atoms with Gasteiger partial charge in [-0.05, 0) is 0 Å². The van der Waals surface area contributed by atoms with E-state index in [-0.39, 0.29) is 6.01 Å². The van der Waals surface area contributed by atoms with Crippen molar-refractivity contribution in [1.82, 2.24) is 9.97 Å². The maximum atomic E-state index is 9.34. The van der Waals surface area contributed by atoms with Crippen molar-refractivity contribution < 1.29 is 4.84 Å². The molecule has 0 unspecified atom stereocenters. The molecule has 8 heavy (non-hydrogen) atoms. The maximum Gasteiger partial charge on any atom is 0.327 e. The molecule has 0 saturated heterocycles. The van der Waals surface area contributed by atoms with Crippen LogP contribution in [0.25, 0.3) is 0 Å². The van der Waals surface area contributed by atoms with Gasteiger partial charge in [-0.15, -0.1) is 4.91 Å². The molecular formula is C3H3N3O2. The number of hydrogen-bond donors (Lipinski definition) is 1. The summed E-state index contributed by atoms with van der Waals surface area (Å²) in [6.45, 7) is 0. The van der Waals surface area contributed by atoms with E-state index in [9.17, 15) is 4.91 Å². The summed E-state index contributed by atoms with van der Waals surface area (Å²) in [6, 6.07) is 0.111. The first-order valence-corrected chi connectivity index (χ1v) is 1.92. The number of nitrogens with one attached hydrogen (secondary N) is 1. The van der Waals surface area contributed by atoms with Crippen molar-refractivity contribution in [1.29, 1.82) is 0 Å². The molecule has 0 fully saturated rings. The van der Waals surface area contributed by atoms with Crippen molar-refractivity contribution in [3.05, 3.63) is 17.3 Å². The second-order valence-corrected chi connectivity index (χ2v) is 1.06. The topological polar surface area (TPSA) is 67.3 Å². The summed E-state index contributed by atoms with van der Waals surface area (Å²) in [4.78, 5) is 19.4. The van der Waals surface area contributed by atoms with Gasteiger partial charge in [-0.3, -0.25) is 4.84 Å². The Balaban J connectivity index is 2.62. The normalized spacial score (nSPS) is 8.50. The smallest absolute Gasteiger partial charge is 0.313 e. The van der Waals surface area contributed by atoms with Gasteiger partial charge in [-0.2, -0.15) is 0 Å². The third-order valence-corrected chi connectivity index (χ3v) is 0.597. The third-order valence-electron chi connectivity index (χ3n) is 0.597. The highest BCUT2D eigenvalue weighted by atomic mass is 16.7. The van der Waals surface area contributed by atoms with Crippen LogP contribution in [0.15, 0.2) is 17.7 Å². The number of aromatic nitrogens is 2. The van der Waals surface area contributed by atoms with Crippen LogP contribution in [0.1, 0.15) is 0 Å². The lowest BCUT2D eigenvalue weighted by Gasteiger charge is -1.80. The van der Waals surface area contributed by atoms with E-state index in [0.29, 0.717) is 0 Å². The Morgan fingerprint density at radius 1 is 1.88 bits per heavy atom. The zero-order valence-electron chi connectivity index (χ0n) is 3.87. The van der Waals surface area contributed by atoms with E-state index in [4.69, 9.17) is 0 Å². The molecule has 0 aromatic carbocycles. The van der Waals surface area contributed by atoms with Crippen molar-refractivity contribution in [2.24, 2.45) is 5.34 Å². The molecule has 42 valence electrons. The molecule has 1 rings (SSSR count). The fourth-order valence-electron chi connectivity index (χ4n) is 0.336. The van der Waals surface area contributed by atoms with Gasteiger partial charge in [0.1, 0.15) is 0 Å². The molecule has 0 aliphatic rings. The second kappa shape index (κ2) is 2.06. The molecule has 5 heteroatoms. The minimum Gasteiger partial charge on any atom is -0.313 e. The van der Waals surface area contributed by atoms with Gasteiger partial charge in [0.2, 0.25) is 0 Å². The molecule has 0 radical (unpaired) electrons. The molecular weight excluding hydrogens is 110 g/mol. The molecule has 1 heterocycles. The molecule has 0 aliphatic heterocycles. The average Bonchev–Trinajstić information content (AvgIpc) is 2.19. The van der Waals surface area contributed by atoms with Crippen LogP contribution < -0.4 is 4.84 Å². The average molecular weight is 113 g/mol. The highest BCUT2D eigenvalue weighted by molar-refractivity contribution is 4.91. The minimum atomic E-state index is 0.111. The fourth-order valence-corrected chi connectivity index (χ4v) is 0.336. The lowest BCUT2D eigenvalue weighted by Crippen LogP contribution is -1.80. The summed E-state index contributed by atoms with van der Waals surface area (Å²) in [5.74, 6) is 0. The van der Waals surface area contributed by atoms with Gasteiger partial charge in [-0.1, -0.05) is 0 Å². The predicted molar refractivity (Wildman–Crippen MR) is 25.0 cm³/mol. The van der Waals surface area contributed by atoms with E-state index < -0.39 is 0 Å². The van der Waals surface area contributed by atoms with Crippen molar-refractivity contribution in [3.63, 3.8) is 0 Å². The molecule has 5 nitrogen and oxygen atoms in total.